The first kappa shape index (κ1) is 10.9. The summed E-state index contributed by atoms with van der Waals surface area (Å²) in [7, 11) is 0. The number of piperidine rings is 1. The molecule has 0 radical (unpaired) electrons. The predicted octanol–water partition coefficient (Wildman–Crippen LogP) is 2.28. The van der Waals surface area contributed by atoms with E-state index in [9.17, 15) is 8.78 Å². The van der Waals surface area contributed by atoms with E-state index in [1.807, 2.05) is 6.07 Å². The summed E-state index contributed by atoms with van der Waals surface area (Å²) < 4.78 is 28.5. The quantitative estimate of drug-likeness (QED) is 0.861. The van der Waals surface area contributed by atoms with Crippen LogP contribution in [0.4, 0.5) is 8.78 Å². The molecule has 3 nitrogen and oxygen atoms in total. The van der Waals surface area contributed by atoms with Gasteiger partial charge in [0.15, 0.2) is 0 Å². The summed E-state index contributed by atoms with van der Waals surface area (Å²) in [5.74, 6) is 0.588. The minimum Gasteiger partial charge on any atom is -0.417 e. The molecule has 0 spiro atoms. The van der Waals surface area contributed by atoms with Crippen molar-refractivity contribution in [1.29, 1.82) is 0 Å². The fraction of sp³-hybridized carbons (Fsp3) is 0.583. The Morgan fingerprint density at radius 2 is 2.29 bits per heavy atom. The van der Waals surface area contributed by atoms with Crippen molar-refractivity contribution in [1.82, 2.24) is 10.3 Å². The van der Waals surface area contributed by atoms with Gasteiger partial charge in [0, 0.05) is 17.8 Å². The van der Waals surface area contributed by atoms with E-state index in [0.29, 0.717) is 12.0 Å². The summed E-state index contributed by atoms with van der Waals surface area (Å²) in [5, 5.41) is 3.47. The molecule has 0 saturated carbocycles. The van der Waals surface area contributed by atoms with E-state index >= 15 is 0 Å². The Hall–Kier alpha value is -1.23. The molecule has 1 saturated heterocycles. The van der Waals surface area contributed by atoms with Crippen molar-refractivity contribution in [2.24, 2.45) is 5.92 Å². The minimum atomic E-state index is -2.80. The summed E-state index contributed by atoms with van der Waals surface area (Å²) in [6.45, 7) is -1.78. The standard InChI is InChI=1S/C12H14F2N2O/c13-12(14)17-10-4-3-8-9(16-10)6-7-2-1-5-15-11(7)8/h3-4,7,11-12,15H,1-2,5-6H2/t7-,11?/m0/s1. The molecule has 2 aliphatic rings. The van der Waals surface area contributed by atoms with Gasteiger partial charge in [-0.15, -0.1) is 0 Å². The van der Waals surface area contributed by atoms with Crippen molar-refractivity contribution in [3.63, 3.8) is 0 Å². The number of hydrogen-bond donors (Lipinski definition) is 1. The van der Waals surface area contributed by atoms with E-state index in [1.54, 1.807) is 0 Å². The highest BCUT2D eigenvalue weighted by molar-refractivity contribution is 5.34. The molecule has 0 aromatic carbocycles. The highest BCUT2D eigenvalue weighted by Gasteiger charge is 2.35. The molecule has 1 aliphatic heterocycles. The molecule has 2 heterocycles. The van der Waals surface area contributed by atoms with Crippen molar-refractivity contribution in [2.75, 3.05) is 6.54 Å². The van der Waals surface area contributed by atoms with Crippen LogP contribution in [0.3, 0.4) is 0 Å². The molecule has 1 N–H and O–H groups in total. The molecule has 5 heteroatoms. The van der Waals surface area contributed by atoms with E-state index in [0.717, 1.165) is 24.2 Å². The van der Waals surface area contributed by atoms with E-state index in [1.165, 1.54) is 18.9 Å². The van der Waals surface area contributed by atoms with Gasteiger partial charge in [-0.3, -0.25) is 0 Å². The zero-order chi connectivity index (χ0) is 11.8. The zero-order valence-electron chi connectivity index (χ0n) is 9.33. The van der Waals surface area contributed by atoms with Gasteiger partial charge in [-0.05, 0) is 37.3 Å². The lowest BCUT2D eigenvalue weighted by molar-refractivity contribution is -0.0529. The summed E-state index contributed by atoms with van der Waals surface area (Å²) >= 11 is 0. The van der Waals surface area contributed by atoms with Crippen LogP contribution in [0, 0.1) is 5.92 Å². The topological polar surface area (TPSA) is 34.1 Å². The molecular weight excluding hydrogens is 226 g/mol. The van der Waals surface area contributed by atoms with E-state index < -0.39 is 6.61 Å². The minimum absolute atomic E-state index is 0.0254. The van der Waals surface area contributed by atoms with Crippen LogP contribution in [0.5, 0.6) is 5.88 Å². The number of halogens is 2. The third kappa shape index (κ3) is 1.99. The normalized spacial score (nSPS) is 26.8. The van der Waals surface area contributed by atoms with Crippen LogP contribution in [0.2, 0.25) is 0 Å². The van der Waals surface area contributed by atoms with Crippen molar-refractivity contribution < 1.29 is 13.5 Å². The summed E-state index contributed by atoms with van der Waals surface area (Å²) in [5.41, 5.74) is 2.06. The van der Waals surface area contributed by atoms with Gasteiger partial charge in [0.25, 0.3) is 0 Å². The molecule has 0 amide bonds. The van der Waals surface area contributed by atoms with Gasteiger partial charge >= 0.3 is 6.61 Å². The molecule has 0 bridgehead atoms. The molecule has 1 unspecified atom stereocenters. The Kier molecular flexibility index (Phi) is 2.70. The molecule has 1 fully saturated rings. The van der Waals surface area contributed by atoms with Crippen LogP contribution in [-0.2, 0) is 6.42 Å². The molecule has 1 aromatic heterocycles. The number of nitrogens with zero attached hydrogens (tertiary/aromatic N) is 1. The number of alkyl halides is 2. The van der Waals surface area contributed by atoms with Crippen LogP contribution in [-0.4, -0.2) is 18.1 Å². The van der Waals surface area contributed by atoms with Gasteiger partial charge in [0.2, 0.25) is 5.88 Å². The molecule has 2 atom stereocenters. The highest BCUT2D eigenvalue weighted by Crippen LogP contribution is 2.40. The Bertz CT molecular complexity index is 425. The first-order chi connectivity index (χ1) is 8.24. The average Bonchev–Trinajstić information content (AvgIpc) is 2.65. The van der Waals surface area contributed by atoms with E-state index in [-0.39, 0.29) is 5.88 Å². The van der Waals surface area contributed by atoms with Gasteiger partial charge < -0.3 is 10.1 Å². The molecule has 3 rings (SSSR count). The lowest BCUT2D eigenvalue weighted by Crippen LogP contribution is -2.31. The molecular formula is C12H14F2N2O. The molecule has 17 heavy (non-hydrogen) atoms. The Morgan fingerprint density at radius 1 is 1.41 bits per heavy atom. The summed E-state index contributed by atoms with van der Waals surface area (Å²) in [4.78, 5) is 4.18. The first-order valence-electron chi connectivity index (χ1n) is 5.92. The van der Waals surface area contributed by atoms with Crippen LogP contribution >= 0.6 is 0 Å². The number of fused-ring (bicyclic) bond motifs is 3. The first-order valence-corrected chi connectivity index (χ1v) is 5.92. The number of rotatable bonds is 2. The predicted molar refractivity (Wildman–Crippen MR) is 58.0 cm³/mol. The Balaban J connectivity index is 1.86. The van der Waals surface area contributed by atoms with Gasteiger partial charge in [0.05, 0.1) is 0 Å². The number of nitrogens with one attached hydrogen (secondary N) is 1. The summed E-state index contributed by atoms with van der Waals surface area (Å²) in [6, 6.07) is 3.75. The average molecular weight is 240 g/mol. The fourth-order valence-corrected chi connectivity index (χ4v) is 2.88. The van der Waals surface area contributed by atoms with Gasteiger partial charge in [0.1, 0.15) is 0 Å². The van der Waals surface area contributed by atoms with Crippen molar-refractivity contribution in [3.8, 4) is 5.88 Å². The van der Waals surface area contributed by atoms with Crippen molar-refractivity contribution in [2.45, 2.75) is 31.9 Å². The number of pyridine rings is 1. The smallest absolute Gasteiger partial charge is 0.388 e. The molecule has 1 aliphatic carbocycles. The fourth-order valence-electron chi connectivity index (χ4n) is 2.88. The number of ether oxygens (including phenoxy) is 1. The van der Waals surface area contributed by atoms with Crippen molar-refractivity contribution in [3.05, 3.63) is 23.4 Å². The SMILES string of the molecule is FC(F)Oc1ccc2c(n1)C[C@@H]1CCCNC21. The molecule has 92 valence electrons. The third-order valence-electron chi connectivity index (χ3n) is 3.57. The van der Waals surface area contributed by atoms with Gasteiger partial charge in [-0.2, -0.15) is 8.78 Å². The lowest BCUT2D eigenvalue weighted by atomic mass is 9.92. The largest absolute Gasteiger partial charge is 0.417 e. The van der Waals surface area contributed by atoms with Crippen LogP contribution in [0.15, 0.2) is 12.1 Å². The second-order valence-electron chi connectivity index (χ2n) is 4.60. The summed E-state index contributed by atoms with van der Waals surface area (Å²) in [6.07, 6.45) is 3.22. The monoisotopic (exact) mass is 240 g/mol. The van der Waals surface area contributed by atoms with E-state index in [2.05, 4.69) is 15.0 Å². The van der Waals surface area contributed by atoms with E-state index in [4.69, 9.17) is 0 Å². The maximum absolute atomic E-state index is 12.1. The number of hydrogen-bond acceptors (Lipinski definition) is 3. The number of aromatic nitrogens is 1. The van der Waals surface area contributed by atoms with Gasteiger partial charge in [-0.1, -0.05) is 6.07 Å². The van der Waals surface area contributed by atoms with Crippen LogP contribution < -0.4 is 10.1 Å². The Morgan fingerprint density at radius 3 is 3.12 bits per heavy atom. The molecule has 1 aromatic rings. The Labute approximate surface area is 98.2 Å². The van der Waals surface area contributed by atoms with Crippen molar-refractivity contribution >= 4 is 0 Å². The zero-order valence-corrected chi connectivity index (χ0v) is 9.33. The highest BCUT2D eigenvalue weighted by atomic mass is 19.3. The second kappa shape index (κ2) is 4.22. The van der Waals surface area contributed by atoms with Gasteiger partial charge in [-0.25, -0.2) is 4.98 Å². The lowest BCUT2D eigenvalue weighted by Gasteiger charge is -2.26. The third-order valence-corrected chi connectivity index (χ3v) is 3.57. The maximum atomic E-state index is 12.1. The van der Waals surface area contributed by atoms with Crippen LogP contribution in [0.25, 0.3) is 0 Å². The second-order valence-corrected chi connectivity index (χ2v) is 4.60. The maximum Gasteiger partial charge on any atom is 0.388 e. The van der Waals surface area contributed by atoms with Crippen LogP contribution in [0.1, 0.15) is 30.1 Å².